The second-order valence-electron chi connectivity index (χ2n) is 8.26. The number of methoxy groups -OCH3 is 1. The first kappa shape index (κ1) is 25.1. The van der Waals surface area contributed by atoms with E-state index in [0.717, 1.165) is 21.7 Å². The number of carbonyl (C=O) groups is 3. The third-order valence-electron chi connectivity index (χ3n) is 5.62. The number of fused-ring (bicyclic) bond motifs is 1. The van der Waals surface area contributed by atoms with E-state index in [0.29, 0.717) is 28.5 Å². The number of amides is 1. The number of benzene rings is 2. The number of esters is 2. The molecule has 0 spiro atoms. The SMILES string of the molecule is COC(=O)c1c(NC(=O)COC(=O)c2ccc(N(C)C)cc2)sc(C)c1Cc1ccc2c(c1)OCO2. The summed E-state index contributed by atoms with van der Waals surface area (Å²) in [5.41, 5.74) is 3.19. The summed E-state index contributed by atoms with van der Waals surface area (Å²) in [6.45, 7) is 1.54. The third-order valence-corrected chi connectivity index (χ3v) is 6.69. The van der Waals surface area contributed by atoms with E-state index in [4.69, 9.17) is 18.9 Å². The molecule has 0 fully saturated rings. The van der Waals surface area contributed by atoms with Crippen LogP contribution in [0.3, 0.4) is 0 Å². The molecule has 9 nitrogen and oxygen atoms in total. The van der Waals surface area contributed by atoms with Gasteiger partial charge in [0.05, 0.1) is 18.2 Å². The minimum Gasteiger partial charge on any atom is -0.465 e. The summed E-state index contributed by atoms with van der Waals surface area (Å²) < 4.78 is 21.0. The first-order chi connectivity index (χ1) is 17.3. The highest BCUT2D eigenvalue weighted by Crippen LogP contribution is 2.37. The Morgan fingerprint density at radius 3 is 2.44 bits per heavy atom. The Labute approximate surface area is 212 Å². The quantitative estimate of drug-likeness (QED) is 0.453. The van der Waals surface area contributed by atoms with Crippen molar-refractivity contribution in [1.82, 2.24) is 0 Å². The summed E-state index contributed by atoms with van der Waals surface area (Å²) in [6, 6.07) is 12.4. The number of nitrogens with zero attached hydrogens (tertiary/aromatic N) is 1. The molecule has 2 aromatic carbocycles. The second-order valence-corrected chi connectivity index (χ2v) is 9.49. The van der Waals surface area contributed by atoms with E-state index < -0.39 is 24.5 Å². The van der Waals surface area contributed by atoms with Crippen molar-refractivity contribution in [3.05, 3.63) is 69.6 Å². The summed E-state index contributed by atoms with van der Waals surface area (Å²) >= 11 is 1.26. The summed E-state index contributed by atoms with van der Waals surface area (Å²) in [7, 11) is 5.08. The zero-order chi connectivity index (χ0) is 25.8. The summed E-state index contributed by atoms with van der Waals surface area (Å²) in [6.07, 6.45) is 0.428. The van der Waals surface area contributed by atoms with Gasteiger partial charge >= 0.3 is 11.9 Å². The van der Waals surface area contributed by atoms with Crippen LogP contribution < -0.4 is 19.7 Å². The Balaban J connectivity index is 1.46. The highest BCUT2D eigenvalue weighted by atomic mass is 32.1. The average Bonchev–Trinajstić information content (AvgIpc) is 3.45. The topological polar surface area (TPSA) is 103 Å². The maximum atomic E-state index is 12.7. The normalized spacial score (nSPS) is 11.7. The Hall–Kier alpha value is -4.05. The Morgan fingerprint density at radius 2 is 1.75 bits per heavy atom. The van der Waals surface area contributed by atoms with Crippen LogP contribution in [0, 0.1) is 6.92 Å². The van der Waals surface area contributed by atoms with E-state index in [-0.39, 0.29) is 12.4 Å². The molecule has 0 bridgehead atoms. The number of hydrogen-bond donors (Lipinski definition) is 1. The van der Waals surface area contributed by atoms with Crippen molar-refractivity contribution in [1.29, 1.82) is 0 Å². The molecule has 1 aliphatic heterocycles. The largest absolute Gasteiger partial charge is 0.465 e. The smallest absolute Gasteiger partial charge is 0.341 e. The number of rotatable bonds is 8. The lowest BCUT2D eigenvalue weighted by molar-refractivity contribution is -0.119. The molecule has 0 atom stereocenters. The number of aryl methyl sites for hydroxylation is 1. The van der Waals surface area contributed by atoms with Gasteiger partial charge in [-0.25, -0.2) is 9.59 Å². The van der Waals surface area contributed by atoms with Gasteiger partial charge in [-0.05, 0) is 60.9 Å². The molecule has 1 amide bonds. The van der Waals surface area contributed by atoms with Crippen molar-refractivity contribution in [3.8, 4) is 11.5 Å². The number of carbonyl (C=O) groups excluding carboxylic acids is 3. The average molecular weight is 511 g/mol. The van der Waals surface area contributed by atoms with Crippen LogP contribution in [0.4, 0.5) is 10.7 Å². The molecule has 2 heterocycles. The number of hydrogen-bond acceptors (Lipinski definition) is 9. The van der Waals surface area contributed by atoms with Gasteiger partial charge in [-0.2, -0.15) is 0 Å². The van der Waals surface area contributed by atoms with E-state index in [1.165, 1.54) is 18.4 Å². The van der Waals surface area contributed by atoms with E-state index in [1.54, 1.807) is 24.3 Å². The van der Waals surface area contributed by atoms with Gasteiger partial charge in [0, 0.05) is 24.7 Å². The molecular formula is C26H26N2O7S. The molecule has 36 heavy (non-hydrogen) atoms. The van der Waals surface area contributed by atoms with Crippen molar-refractivity contribution in [2.24, 2.45) is 0 Å². The molecule has 0 aliphatic carbocycles. The Kier molecular flexibility index (Phi) is 7.44. The van der Waals surface area contributed by atoms with Crippen molar-refractivity contribution in [2.45, 2.75) is 13.3 Å². The fourth-order valence-electron chi connectivity index (χ4n) is 3.73. The summed E-state index contributed by atoms with van der Waals surface area (Å²) in [5.74, 6) is -0.427. The van der Waals surface area contributed by atoms with Gasteiger partial charge in [0.1, 0.15) is 5.00 Å². The van der Waals surface area contributed by atoms with Crippen LogP contribution in [0.2, 0.25) is 0 Å². The first-order valence-electron chi connectivity index (χ1n) is 11.1. The lowest BCUT2D eigenvalue weighted by Gasteiger charge is -2.12. The molecular weight excluding hydrogens is 484 g/mol. The molecule has 10 heteroatoms. The fraction of sp³-hybridized carbons (Fsp3) is 0.269. The molecule has 4 rings (SSSR count). The molecule has 0 unspecified atom stereocenters. The van der Waals surface area contributed by atoms with E-state index >= 15 is 0 Å². The van der Waals surface area contributed by atoms with Crippen molar-refractivity contribution in [3.63, 3.8) is 0 Å². The summed E-state index contributed by atoms with van der Waals surface area (Å²) in [4.78, 5) is 40.3. The van der Waals surface area contributed by atoms with Gasteiger partial charge in [-0.15, -0.1) is 11.3 Å². The molecule has 0 saturated heterocycles. The van der Waals surface area contributed by atoms with Crippen LogP contribution in [-0.4, -0.2) is 52.5 Å². The van der Waals surface area contributed by atoms with Gasteiger partial charge in [-0.3, -0.25) is 4.79 Å². The zero-order valence-electron chi connectivity index (χ0n) is 20.4. The predicted molar refractivity (Wildman–Crippen MR) is 135 cm³/mol. The van der Waals surface area contributed by atoms with Crippen LogP contribution in [-0.2, 0) is 20.7 Å². The highest BCUT2D eigenvalue weighted by molar-refractivity contribution is 7.16. The van der Waals surface area contributed by atoms with Crippen LogP contribution >= 0.6 is 11.3 Å². The molecule has 3 aromatic rings. The van der Waals surface area contributed by atoms with Gasteiger partial charge in [-0.1, -0.05) is 6.07 Å². The van der Waals surface area contributed by atoms with Gasteiger partial charge in [0.15, 0.2) is 18.1 Å². The maximum absolute atomic E-state index is 12.7. The molecule has 1 N–H and O–H groups in total. The maximum Gasteiger partial charge on any atom is 0.341 e. The van der Waals surface area contributed by atoms with E-state index in [2.05, 4.69) is 5.32 Å². The number of ether oxygens (including phenoxy) is 4. The standard InChI is InChI=1S/C26H26N2O7S/c1-15-19(11-16-5-10-20-21(12-16)35-14-34-20)23(26(31)32-4)24(36-15)27-22(29)13-33-25(30)17-6-8-18(9-7-17)28(2)3/h5-10,12H,11,13-14H2,1-4H3,(H,27,29). The monoisotopic (exact) mass is 510 g/mol. The van der Waals surface area contributed by atoms with Crippen LogP contribution in [0.5, 0.6) is 11.5 Å². The highest BCUT2D eigenvalue weighted by Gasteiger charge is 2.25. The minimum atomic E-state index is -0.616. The lowest BCUT2D eigenvalue weighted by Crippen LogP contribution is -2.21. The second kappa shape index (κ2) is 10.7. The lowest BCUT2D eigenvalue weighted by atomic mass is 10.0. The van der Waals surface area contributed by atoms with E-state index in [1.807, 2.05) is 44.1 Å². The number of anilines is 2. The van der Waals surface area contributed by atoms with Crippen molar-refractivity contribution < 1.29 is 33.3 Å². The molecule has 1 aromatic heterocycles. The molecule has 1 aliphatic rings. The van der Waals surface area contributed by atoms with Crippen LogP contribution in [0.25, 0.3) is 0 Å². The van der Waals surface area contributed by atoms with Gasteiger partial charge in [0.2, 0.25) is 6.79 Å². The molecule has 188 valence electrons. The Morgan fingerprint density at radius 1 is 1.03 bits per heavy atom. The van der Waals surface area contributed by atoms with Crippen LogP contribution in [0.15, 0.2) is 42.5 Å². The zero-order valence-corrected chi connectivity index (χ0v) is 21.2. The number of nitrogens with one attached hydrogen (secondary N) is 1. The van der Waals surface area contributed by atoms with Gasteiger partial charge < -0.3 is 29.2 Å². The molecule has 0 saturated carbocycles. The van der Waals surface area contributed by atoms with Crippen molar-refractivity contribution >= 4 is 39.9 Å². The number of thiophene rings is 1. The molecule has 0 radical (unpaired) electrons. The van der Waals surface area contributed by atoms with Crippen molar-refractivity contribution in [2.75, 3.05) is 44.8 Å². The van der Waals surface area contributed by atoms with Crippen LogP contribution in [0.1, 0.15) is 36.7 Å². The predicted octanol–water partition coefficient (Wildman–Crippen LogP) is 4.02. The summed E-state index contributed by atoms with van der Waals surface area (Å²) in [5, 5.41) is 3.03. The Bertz CT molecular complexity index is 1300. The minimum absolute atomic E-state index is 0.172. The fourth-order valence-corrected chi connectivity index (χ4v) is 4.80. The van der Waals surface area contributed by atoms with Gasteiger partial charge in [0.25, 0.3) is 5.91 Å². The van der Waals surface area contributed by atoms with E-state index in [9.17, 15) is 14.4 Å². The third kappa shape index (κ3) is 5.44. The first-order valence-corrected chi connectivity index (χ1v) is 11.9.